The number of hydrogen-bond donors (Lipinski definition) is 1. The lowest BCUT2D eigenvalue weighted by atomic mass is 9.67. The highest BCUT2D eigenvalue weighted by Gasteiger charge is 2.58. The van der Waals surface area contributed by atoms with Crippen molar-refractivity contribution in [1.29, 1.82) is 0 Å². The van der Waals surface area contributed by atoms with Gasteiger partial charge < -0.3 is 19.5 Å². The monoisotopic (exact) mass is 383 g/mol. The standard InChI is InChI=1S/C19H23F2NO5/c1-26-14-4-3-12(15(7-14)27-2)10-22-6-5-18(17(22)25)8-13(16(23)24)9-19(20,21)11-18/h3-4,7,13H,5-6,8-11H2,1-2H3,(H,23,24)/t13-,18+/m1/s1. The number of likely N-dealkylation sites (tertiary alicyclic amines) is 1. The molecule has 1 amide bonds. The Morgan fingerprint density at radius 2 is 2.04 bits per heavy atom. The minimum atomic E-state index is -3.15. The molecule has 1 spiro atoms. The van der Waals surface area contributed by atoms with Crippen LogP contribution in [0.3, 0.4) is 0 Å². The van der Waals surface area contributed by atoms with Crippen LogP contribution in [0.25, 0.3) is 0 Å². The van der Waals surface area contributed by atoms with Gasteiger partial charge in [0.2, 0.25) is 11.8 Å². The van der Waals surface area contributed by atoms with Crippen molar-refractivity contribution in [3.8, 4) is 11.5 Å². The third-order valence-corrected chi connectivity index (χ3v) is 5.59. The first-order valence-corrected chi connectivity index (χ1v) is 8.81. The maximum absolute atomic E-state index is 14.2. The third kappa shape index (κ3) is 3.70. The lowest BCUT2D eigenvalue weighted by Gasteiger charge is -2.39. The Kier molecular flexibility index (Phi) is 5.01. The van der Waals surface area contributed by atoms with E-state index in [0.717, 1.165) is 5.56 Å². The molecule has 1 aliphatic heterocycles. The smallest absolute Gasteiger partial charge is 0.306 e. The highest BCUT2D eigenvalue weighted by atomic mass is 19.3. The summed E-state index contributed by atoms with van der Waals surface area (Å²) in [6.45, 7) is 0.535. The van der Waals surface area contributed by atoms with Crippen molar-refractivity contribution in [2.75, 3.05) is 20.8 Å². The fourth-order valence-electron chi connectivity index (χ4n) is 4.30. The molecule has 1 aromatic rings. The number of rotatable bonds is 5. The molecule has 3 rings (SSSR count). The van der Waals surface area contributed by atoms with E-state index in [9.17, 15) is 23.5 Å². The molecule has 1 N–H and O–H groups in total. The maximum Gasteiger partial charge on any atom is 0.306 e. The van der Waals surface area contributed by atoms with Crippen LogP contribution < -0.4 is 9.47 Å². The van der Waals surface area contributed by atoms with Gasteiger partial charge in [0.25, 0.3) is 0 Å². The molecule has 6 nitrogen and oxygen atoms in total. The van der Waals surface area contributed by atoms with Crippen LogP contribution in [0.15, 0.2) is 18.2 Å². The summed E-state index contributed by atoms with van der Waals surface area (Å²) in [5.41, 5.74) is -0.564. The molecule has 2 fully saturated rings. The SMILES string of the molecule is COc1ccc(CN2CC[C@@]3(C[C@@H](C(=O)O)CC(F)(F)C3)C2=O)c(OC)c1. The number of hydrogen-bond acceptors (Lipinski definition) is 4. The lowest BCUT2D eigenvalue weighted by molar-refractivity contribution is -0.163. The predicted octanol–water partition coefficient (Wildman–Crippen LogP) is 2.94. The van der Waals surface area contributed by atoms with Gasteiger partial charge in [-0.3, -0.25) is 9.59 Å². The number of nitrogens with zero attached hydrogens (tertiary/aromatic N) is 1. The zero-order valence-electron chi connectivity index (χ0n) is 15.3. The third-order valence-electron chi connectivity index (χ3n) is 5.59. The molecule has 1 aliphatic carbocycles. The summed E-state index contributed by atoms with van der Waals surface area (Å²) in [6, 6.07) is 5.20. The fourth-order valence-corrected chi connectivity index (χ4v) is 4.30. The predicted molar refractivity (Wildman–Crippen MR) is 91.9 cm³/mol. The number of methoxy groups -OCH3 is 2. The van der Waals surface area contributed by atoms with Gasteiger partial charge in [0, 0.05) is 37.6 Å². The number of carboxylic acid groups (broad SMARTS) is 1. The topological polar surface area (TPSA) is 76.1 Å². The fraction of sp³-hybridized carbons (Fsp3) is 0.579. The average Bonchev–Trinajstić information content (AvgIpc) is 2.89. The van der Waals surface area contributed by atoms with Crippen molar-refractivity contribution in [1.82, 2.24) is 4.90 Å². The normalized spacial score (nSPS) is 27.0. The molecule has 8 heteroatoms. The molecule has 2 atom stereocenters. The first-order valence-electron chi connectivity index (χ1n) is 8.81. The van der Waals surface area contributed by atoms with Crippen molar-refractivity contribution in [3.05, 3.63) is 23.8 Å². The molecule has 0 bridgehead atoms. The van der Waals surface area contributed by atoms with E-state index in [1.165, 1.54) is 19.1 Å². The number of carbonyl (C=O) groups excluding carboxylic acids is 1. The maximum atomic E-state index is 14.2. The molecule has 0 radical (unpaired) electrons. The van der Waals surface area contributed by atoms with Crippen LogP contribution in [0.5, 0.6) is 11.5 Å². The van der Waals surface area contributed by atoms with E-state index in [1.807, 2.05) is 0 Å². The number of carbonyl (C=O) groups is 2. The second-order valence-corrected chi connectivity index (χ2v) is 7.41. The van der Waals surface area contributed by atoms with Crippen molar-refractivity contribution in [3.63, 3.8) is 0 Å². The van der Waals surface area contributed by atoms with Crippen molar-refractivity contribution < 1.29 is 33.0 Å². The van der Waals surface area contributed by atoms with Crippen LogP contribution in [-0.2, 0) is 16.1 Å². The zero-order chi connectivity index (χ0) is 19.8. The first kappa shape index (κ1) is 19.4. The molecule has 1 aromatic carbocycles. The Bertz CT molecular complexity index is 754. The summed E-state index contributed by atoms with van der Waals surface area (Å²) in [6.07, 6.45) is -1.08. The van der Waals surface area contributed by atoms with Gasteiger partial charge in [0.1, 0.15) is 11.5 Å². The molecule has 1 heterocycles. The van der Waals surface area contributed by atoms with Crippen LogP contribution in [0.4, 0.5) is 8.78 Å². The second-order valence-electron chi connectivity index (χ2n) is 7.41. The number of aliphatic carboxylic acids is 1. The van der Waals surface area contributed by atoms with Gasteiger partial charge in [-0.1, -0.05) is 0 Å². The van der Waals surface area contributed by atoms with Gasteiger partial charge in [0.15, 0.2) is 0 Å². The van der Waals surface area contributed by atoms with Crippen molar-refractivity contribution in [2.24, 2.45) is 11.3 Å². The van der Waals surface area contributed by atoms with E-state index in [-0.39, 0.29) is 19.4 Å². The second kappa shape index (κ2) is 6.98. The molecule has 2 aliphatic rings. The largest absolute Gasteiger partial charge is 0.497 e. The van der Waals surface area contributed by atoms with Crippen LogP contribution >= 0.6 is 0 Å². The van der Waals surface area contributed by atoms with Gasteiger partial charge in [-0.05, 0) is 25.0 Å². The van der Waals surface area contributed by atoms with Crippen LogP contribution in [0.2, 0.25) is 0 Å². The van der Waals surface area contributed by atoms with Gasteiger partial charge in [-0.25, -0.2) is 8.78 Å². The summed E-state index contributed by atoms with van der Waals surface area (Å²) in [5.74, 6) is -4.86. The molecule has 1 saturated heterocycles. The van der Waals surface area contributed by atoms with E-state index in [1.54, 1.807) is 18.2 Å². The number of carboxylic acids is 1. The van der Waals surface area contributed by atoms with Crippen LogP contribution in [0.1, 0.15) is 31.2 Å². The number of ether oxygens (including phenoxy) is 2. The van der Waals surface area contributed by atoms with Gasteiger partial charge >= 0.3 is 5.97 Å². The molecule has 27 heavy (non-hydrogen) atoms. The molecule has 0 aromatic heterocycles. The Morgan fingerprint density at radius 1 is 1.30 bits per heavy atom. The highest BCUT2D eigenvalue weighted by molar-refractivity contribution is 5.86. The van der Waals surface area contributed by atoms with E-state index in [4.69, 9.17) is 9.47 Å². The number of benzene rings is 1. The van der Waals surface area contributed by atoms with Crippen LogP contribution in [-0.4, -0.2) is 48.6 Å². The molecule has 1 saturated carbocycles. The number of halogens is 2. The molecular weight excluding hydrogens is 360 g/mol. The highest BCUT2D eigenvalue weighted by Crippen LogP contribution is 2.52. The van der Waals surface area contributed by atoms with Gasteiger partial charge in [-0.15, -0.1) is 0 Å². The first-order chi connectivity index (χ1) is 12.7. The Balaban J connectivity index is 1.81. The lowest BCUT2D eigenvalue weighted by Crippen LogP contribution is -2.46. The van der Waals surface area contributed by atoms with E-state index in [2.05, 4.69) is 0 Å². The summed E-state index contributed by atoms with van der Waals surface area (Å²) in [4.78, 5) is 25.8. The van der Waals surface area contributed by atoms with E-state index in [0.29, 0.717) is 18.0 Å². The van der Waals surface area contributed by atoms with E-state index >= 15 is 0 Å². The molecular formula is C19H23F2NO5. The minimum absolute atomic E-state index is 0.0347. The average molecular weight is 383 g/mol. The van der Waals surface area contributed by atoms with Crippen LogP contribution in [0, 0.1) is 11.3 Å². The summed E-state index contributed by atoms with van der Waals surface area (Å²) in [7, 11) is 3.04. The summed E-state index contributed by atoms with van der Waals surface area (Å²) < 4.78 is 38.8. The Morgan fingerprint density at radius 3 is 2.67 bits per heavy atom. The number of amides is 1. The Hall–Kier alpha value is -2.38. The van der Waals surface area contributed by atoms with E-state index < -0.39 is 42.0 Å². The molecule has 0 unspecified atom stereocenters. The summed E-state index contributed by atoms with van der Waals surface area (Å²) >= 11 is 0. The van der Waals surface area contributed by atoms with Gasteiger partial charge in [0.05, 0.1) is 25.6 Å². The van der Waals surface area contributed by atoms with Crippen molar-refractivity contribution >= 4 is 11.9 Å². The quantitative estimate of drug-likeness (QED) is 0.846. The number of alkyl halides is 2. The Labute approximate surface area is 156 Å². The zero-order valence-corrected chi connectivity index (χ0v) is 15.3. The van der Waals surface area contributed by atoms with Gasteiger partial charge in [-0.2, -0.15) is 0 Å². The van der Waals surface area contributed by atoms with Crippen molar-refractivity contribution in [2.45, 2.75) is 38.2 Å². The molecule has 148 valence electrons. The minimum Gasteiger partial charge on any atom is -0.497 e. The summed E-state index contributed by atoms with van der Waals surface area (Å²) in [5, 5.41) is 9.23.